The maximum atomic E-state index is 13.9. The quantitative estimate of drug-likeness (QED) is 0.254. The van der Waals surface area contributed by atoms with Gasteiger partial charge in [-0.1, -0.05) is 0 Å². The molecule has 0 spiro atoms. The molecule has 36 heavy (non-hydrogen) atoms. The van der Waals surface area contributed by atoms with Crippen molar-refractivity contribution in [2.45, 2.75) is 53.9 Å². The fourth-order valence-corrected chi connectivity index (χ4v) is 3.10. The van der Waals surface area contributed by atoms with Crippen LogP contribution in [0.3, 0.4) is 0 Å². The van der Waals surface area contributed by atoms with Crippen LogP contribution < -0.4 is 0 Å². The summed E-state index contributed by atoms with van der Waals surface area (Å²) in [5.74, 6) is -53.9. The first-order valence-electron chi connectivity index (χ1n) is 8.20. The van der Waals surface area contributed by atoms with Gasteiger partial charge in [-0.2, -0.15) is 78.9 Å². The summed E-state index contributed by atoms with van der Waals surface area (Å²) >= 11 is 0. The van der Waals surface area contributed by atoms with E-state index in [9.17, 15) is 87.8 Å². The second-order valence-corrected chi connectivity index (χ2v) is 8.61. The third kappa shape index (κ3) is 4.52. The number of carbonyl (C=O) groups is 1. The van der Waals surface area contributed by atoms with E-state index in [2.05, 4.69) is 4.74 Å². The number of likely N-dealkylation sites (N-methyl/N-ethyl adjacent to an activating group) is 1. The topological polar surface area (TPSA) is 63.7 Å². The second-order valence-electron chi connectivity index (χ2n) is 6.53. The molecule has 5 nitrogen and oxygen atoms in total. The van der Waals surface area contributed by atoms with E-state index in [1.165, 1.54) is 0 Å². The van der Waals surface area contributed by atoms with Gasteiger partial charge >= 0.3 is 52.9 Å². The first-order chi connectivity index (χ1) is 15.4. The van der Waals surface area contributed by atoms with E-state index < -0.39 is 80.4 Å². The summed E-state index contributed by atoms with van der Waals surface area (Å²) in [6, 6.07) is 0. The van der Waals surface area contributed by atoms with Crippen LogP contribution in [0.25, 0.3) is 0 Å². The van der Waals surface area contributed by atoms with E-state index in [0.717, 1.165) is 6.92 Å². The summed E-state index contributed by atoms with van der Waals surface area (Å²) in [5.41, 5.74) is 0. The zero-order valence-electron chi connectivity index (χ0n) is 16.8. The third-order valence-electron chi connectivity index (χ3n) is 4.08. The molecular formula is C13H10F17NO4S. The van der Waals surface area contributed by atoms with Gasteiger partial charge in [0.05, 0.1) is 6.61 Å². The van der Waals surface area contributed by atoms with Gasteiger partial charge in [0.25, 0.3) is 10.0 Å². The van der Waals surface area contributed by atoms with Gasteiger partial charge in [-0.3, -0.25) is 4.79 Å². The standard InChI is InChI=1S/C13H10F17NO4S/c1-3-35-5(32)4-31(2)36(33,34)13(29,30)11(24,25)9(20,21)7(16,17)6(14,15)8(18,19)10(22,23)12(26,27)28/h3-4H2,1-2H3. The molecule has 0 saturated heterocycles. The highest BCUT2D eigenvalue weighted by atomic mass is 32.2. The minimum absolute atomic E-state index is 0.265. The molecule has 216 valence electrons. The van der Waals surface area contributed by atoms with Gasteiger partial charge in [0.1, 0.15) is 6.54 Å². The van der Waals surface area contributed by atoms with Crippen LogP contribution in [-0.4, -0.2) is 85.9 Å². The number of sulfonamides is 1. The highest BCUT2D eigenvalue weighted by Crippen LogP contribution is 2.64. The first-order valence-corrected chi connectivity index (χ1v) is 9.64. The van der Waals surface area contributed by atoms with Crippen LogP contribution in [-0.2, 0) is 19.6 Å². The lowest BCUT2D eigenvalue weighted by molar-refractivity contribution is -0.458. The van der Waals surface area contributed by atoms with Gasteiger partial charge < -0.3 is 4.74 Å². The number of ether oxygens (including phenoxy) is 1. The maximum Gasteiger partial charge on any atom is 0.460 e. The lowest BCUT2D eigenvalue weighted by atomic mass is 9.91. The maximum absolute atomic E-state index is 13.9. The minimum Gasteiger partial charge on any atom is -0.465 e. The van der Waals surface area contributed by atoms with Crippen LogP contribution in [0.5, 0.6) is 0 Å². The van der Waals surface area contributed by atoms with Gasteiger partial charge in [0, 0.05) is 7.05 Å². The summed E-state index contributed by atoms with van der Waals surface area (Å²) in [7, 11) is -7.78. The molecule has 0 bridgehead atoms. The monoisotopic (exact) mass is 599 g/mol. The Balaban J connectivity index is 6.87. The van der Waals surface area contributed by atoms with Crippen molar-refractivity contribution in [1.82, 2.24) is 4.31 Å². The highest BCUT2D eigenvalue weighted by Gasteiger charge is 2.96. The van der Waals surface area contributed by atoms with Crippen molar-refractivity contribution >= 4 is 16.0 Å². The Hall–Kier alpha value is -1.81. The Morgan fingerprint density at radius 2 is 0.944 bits per heavy atom. The summed E-state index contributed by atoms with van der Waals surface area (Å²) in [6.07, 6.45) is -7.91. The fraction of sp³-hybridized carbons (Fsp3) is 0.923. The number of hydrogen-bond donors (Lipinski definition) is 0. The highest BCUT2D eigenvalue weighted by molar-refractivity contribution is 7.90. The second kappa shape index (κ2) is 9.19. The van der Waals surface area contributed by atoms with Crippen molar-refractivity contribution in [3.05, 3.63) is 0 Å². The Kier molecular flexibility index (Phi) is 8.72. The number of rotatable bonds is 11. The number of carbonyl (C=O) groups excluding carboxylic acids is 1. The SMILES string of the molecule is CCOC(=O)CN(C)S(=O)(=O)C(F)(F)C(F)(F)C(F)(F)C(F)(F)C(F)(F)C(F)(F)C(F)(F)C(F)(F)F. The summed E-state index contributed by atoms with van der Waals surface area (Å²) in [4.78, 5) is 11.1. The normalized spacial score (nSPS) is 15.9. The Bertz CT molecular complexity index is 927. The predicted molar refractivity (Wildman–Crippen MR) is 78.9 cm³/mol. The molecule has 0 rings (SSSR count). The Morgan fingerprint density at radius 3 is 1.25 bits per heavy atom. The molecule has 0 amide bonds. The number of halogens is 17. The van der Waals surface area contributed by atoms with Crippen molar-refractivity contribution in [2.75, 3.05) is 20.2 Å². The van der Waals surface area contributed by atoms with E-state index in [4.69, 9.17) is 0 Å². The van der Waals surface area contributed by atoms with Crippen LogP contribution in [0, 0.1) is 0 Å². The van der Waals surface area contributed by atoms with Crippen molar-refractivity contribution in [3.8, 4) is 0 Å². The molecule has 0 aromatic carbocycles. The molecule has 0 unspecified atom stereocenters. The lowest BCUT2D eigenvalue weighted by Gasteiger charge is -2.42. The van der Waals surface area contributed by atoms with Crippen LogP contribution >= 0.6 is 0 Å². The van der Waals surface area contributed by atoms with Crippen LogP contribution in [0.15, 0.2) is 0 Å². The van der Waals surface area contributed by atoms with Crippen molar-refractivity contribution in [2.24, 2.45) is 0 Å². The third-order valence-corrected chi connectivity index (χ3v) is 5.94. The van der Waals surface area contributed by atoms with E-state index >= 15 is 0 Å². The van der Waals surface area contributed by atoms with Gasteiger partial charge in [-0.25, -0.2) is 8.42 Å². The molecule has 23 heteroatoms. The predicted octanol–water partition coefficient (Wildman–Crippen LogP) is 4.78. The molecule has 0 N–H and O–H groups in total. The van der Waals surface area contributed by atoms with Gasteiger partial charge in [-0.05, 0) is 6.92 Å². The van der Waals surface area contributed by atoms with Gasteiger partial charge in [0.2, 0.25) is 0 Å². The number of alkyl halides is 17. The smallest absolute Gasteiger partial charge is 0.460 e. The van der Waals surface area contributed by atoms with E-state index in [0.29, 0.717) is 0 Å². The van der Waals surface area contributed by atoms with E-state index in [1.807, 2.05) is 0 Å². The van der Waals surface area contributed by atoms with E-state index in [-0.39, 0.29) is 7.05 Å². The Morgan fingerprint density at radius 1 is 0.639 bits per heavy atom. The lowest BCUT2D eigenvalue weighted by Crippen LogP contribution is -2.75. The van der Waals surface area contributed by atoms with Crippen molar-refractivity contribution in [3.63, 3.8) is 0 Å². The molecular weight excluding hydrogens is 589 g/mol. The van der Waals surface area contributed by atoms with Crippen LogP contribution in [0.1, 0.15) is 6.92 Å². The summed E-state index contributed by atoms with van der Waals surface area (Å²) in [6.45, 7) is -1.65. The number of hydrogen-bond acceptors (Lipinski definition) is 4. The van der Waals surface area contributed by atoms with Crippen molar-refractivity contribution in [1.29, 1.82) is 0 Å². The van der Waals surface area contributed by atoms with Crippen molar-refractivity contribution < 1.29 is 92.6 Å². The molecule has 0 saturated carbocycles. The zero-order chi connectivity index (χ0) is 29.8. The minimum atomic E-state index is -8.92. The molecule has 0 aliphatic rings. The average molecular weight is 599 g/mol. The molecule has 0 aromatic heterocycles. The first kappa shape index (κ1) is 34.2. The van der Waals surface area contributed by atoms with Gasteiger partial charge in [0.15, 0.2) is 0 Å². The molecule has 0 radical (unpaired) electrons. The number of esters is 1. The van der Waals surface area contributed by atoms with E-state index in [1.54, 1.807) is 0 Å². The van der Waals surface area contributed by atoms with Crippen LogP contribution in [0.2, 0.25) is 0 Å². The van der Waals surface area contributed by atoms with Gasteiger partial charge in [-0.15, -0.1) is 0 Å². The largest absolute Gasteiger partial charge is 0.465 e. The zero-order valence-corrected chi connectivity index (χ0v) is 17.6. The average Bonchev–Trinajstić information content (AvgIpc) is 2.65. The Labute approximate surface area is 188 Å². The van der Waals surface area contributed by atoms with Crippen LogP contribution in [0.4, 0.5) is 74.6 Å². The molecule has 0 fully saturated rings. The molecule has 0 aliphatic heterocycles. The number of nitrogens with zero attached hydrogens (tertiary/aromatic N) is 1. The molecule has 0 aromatic rings. The molecule has 0 aliphatic carbocycles. The fourth-order valence-electron chi connectivity index (χ4n) is 1.98. The summed E-state index contributed by atoms with van der Waals surface area (Å²) < 4.78 is 250. The molecule has 0 atom stereocenters. The molecule has 0 heterocycles. The summed E-state index contributed by atoms with van der Waals surface area (Å²) in [5, 5.41) is -7.72.